The maximum atomic E-state index is 11.2. The van der Waals surface area contributed by atoms with Crippen LogP contribution in [-0.2, 0) is 13.6 Å². The number of nitrogens with one attached hydrogen (secondary N) is 1. The first-order valence-corrected chi connectivity index (χ1v) is 6.33. The van der Waals surface area contributed by atoms with Crippen molar-refractivity contribution in [3.63, 3.8) is 0 Å². The summed E-state index contributed by atoms with van der Waals surface area (Å²) in [7, 11) is 1.61. The average molecular weight is 279 g/mol. The zero-order chi connectivity index (χ0) is 14.0. The summed E-state index contributed by atoms with van der Waals surface area (Å²) in [6.45, 7) is 2.33. The van der Waals surface area contributed by atoms with Crippen molar-refractivity contribution in [2.75, 3.05) is 0 Å². The first-order chi connectivity index (χ1) is 9.01. The van der Waals surface area contributed by atoms with Gasteiger partial charge < -0.3 is 5.73 Å². The van der Waals surface area contributed by atoms with E-state index in [1.807, 2.05) is 13.0 Å². The van der Waals surface area contributed by atoms with Crippen LogP contribution in [0.4, 0.5) is 0 Å². The number of H-pyrrole nitrogens is 1. The molecule has 2 aromatic heterocycles. The number of nitrogens with zero attached hydrogens (tertiary/aromatic N) is 3. The molecule has 0 saturated heterocycles. The van der Waals surface area contributed by atoms with Crippen LogP contribution in [0.25, 0.3) is 0 Å². The second kappa shape index (κ2) is 5.37. The van der Waals surface area contributed by atoms with Crippen LogP contribution in [-0.4, -0.2) is 19.7 Å². The first-order valence-electron chi connectivity index (χ1n) is 5.52. The molecule has 0 fully saturated rings. The average Bonchev–Trinajstić information content (AvgIpc) is 2.38. The number of hydrogen-bond donors (Lipinski definition) is 2. The second-order valence-electron chi connectivity index (χ2n) is 3.97. The van der Waals surface area contributed by atoms with Crippen molar-refractivity contribution >= 4 is 11.8 Å². The Hall–Kier alpha value is -1.93. The van der Waals surface area contributed by atoms with Crippen molar-refractivity contribution < 1.29 is 0 Å². The van der Waals surface area contributed by atoms with Crippen molar-refractivity contribution in [1.29, 1.82) is 0 Å². The minimum Gasteiger partial charge on any atom is -0.326 e. The number of aryl methyl sites for hydroxylation is 2. The summed E-state index contributed by atoms with van der Waals surface area (Å²) in [6, 6.07) is 1.93. The van der Waals surface area contributed by atoms with Gasteiger partial charge in [-0.15, -0.1) is 0 Å². The molecule has 0 aliphatic carbocycles. The SMILES string of the molecule is Cc1cc(CN)cnc1Sc1nc(=O)c(=O)[nH]n1C. The van der Waals surface area contributed by atoms with Crippen LogP contribution in [0.5, 0.6) is 0 Å². The molecule has 0 saturated carbocycles. The Morgan fingerprint density at radius 3 is 2.84 bits per heavy atom. The maximum absolute atomic E-state index is 11.2. The van der Waals surface area contributed by atoms with Gasteiger partial charge in [0.05, 0.1) is 0 Å². The van der Waals surface area contributed by atoms with Crippen molar-refractivity contribution in [2.24, 2.45) is 12.8 Å². The molecule has 0 atom stereocenters. The van der Waals surface area contributed by atoms with Gasteiger partial charge in [0.1, 0.15) is 5.03 Å². The van der Waals surface area contributed by atoms with Crippen molar-refractivity contribution in [1.82, 2.24) is 19.7 Å². The minimum atomic E-state index is -0.808. The third-order valence-corrected chi connectivity index (χ3v) is 3.63. The lowest BCUT2D eigenvalue weighted by Gasteiger charge is -2.08. The molecule has 0 aliphatic heterocycles. The van der Waals surface area contributed by atoms with Gasteiger partial charge in [-0.3, -0.25) is 19.4 Å². The Morgan fingerprint density at radius 1 is 1.47 bits per heavy atom. The van der Waals surface area contributed by atoms with E-state index in [9.17, 15) is 9.59 Å². The fourth-order valence-corrected chi connectivity index (χ4v) is 2.29. The van der Waals surface area contributed by atoms with E-state index in [0.29, 0.717) is 16.7 Å². The number of rotatable bonds is 3. The molecule has 100 valence electrons. The third-order valence-electron chi connectivity index (χ3n) is 2.46. The fourth-order valence-electron chi connectivity index (χ4n) is 1.48. The lowest BCUT2D eigenvalue weighted by molar-refractivity contribution is 0.596. The van der Waals surface area contributed by atoms with Gasteiger partial charge in [-0.05, 0) is 29.8 Å². The zero-order valence-corrected chi connectivity index (χ0v) is 11.3. The highest BCUT2D eigenvalue weighted by atomic mass is 32.2. The molecule has 0 unspecified atom stereocenters. The molecular formula is C11H13N5O2S. The highest BCUT2D eigenvalue weighted by Crippen LogP contribution is 2.25. The topological polar surface area (TPSA) is 107 Å². The summed E-state index contributed by atoms with van der Waals surface area (Å²) in [6.07, 6.45) is 1.68. The van der Waals surface area contributed by atoms with Crippen LogP contribution in [0.3, 0.4) is 0 Å². The number of aromatic amines is 1. The van der Waals surface area contributed by atoms with Gasteiger partial charge in [-0.25, -0.2) is 4.98 Å². The molecule has 0 aromatic carbocycles. The predicted molar refractivity (Wildman–Crippen MR) is 71.1 cm³/mol. The molecule has 2 heterocycles. The second-order valence-corrected chi connectivity index (χ2v) is 4.93. The van der Waals surface area contributed by atoms with Gasteiger partial charge >= 0.3 is 11.1 Å². The predicted octanol–water partition coefficient (Wildman–Crippen LogP) is -0.218. The molecule has 2 rings (SSSR count). The Bertz CT molecular complexity index is 722. The van der Waals surface area contributed by atoms with E-state index < -0.39 is 11.1 Å². The van der Waals surface area contributed by atoms with Gasteiger partial charge in [0.25, 0.3) is 0 Å². The summed E-state index contributed by atoms with van der Waals surface area (Å²) in [4.78, 5) is 30.3. The molecule has 8 heteroatoms. The fraction of sp³-hybridized carbons (Fsp3) is 0.273. The van der Waals surface area contributed by atoms with Gasteiger partial charge in [-0.1, -0.05) is 6.07 Å². The Morgan fingerprint density at radius 2 is 2.21 bits per heavy atom. The van der Waals surface area contributed by atoms with Crippen LogP contribution in [0.15, 0.2) is 32.0 Å². The van der Waals surface area contributed by atoms with Crippen molar-refractivity contribution in [3.05, 3.63) is 44.1 Å². The molecule has 2 aromatic rings. The van der Waals surface area contributed by atoms with Crippen LogP contribution in [0, 0.1) is 6.92 Å². The summed E-state index contributed by atoms with van der Waals surface area (Å²) in [5, 5.41) is 3.48. The molecule has 0 spiro atoms. The molecule has 0 bridgehead atoms. The molecular weight excluding hydrogens is 266 g/mol. The molecule has 7 nitrogen and oxygen atoms in total. The van der Waals surface area contributed by atoms with E-state index in [1.165, 1.54) is 16.4 Å². The zero-order valence-electron chi connectivity index (χ0n) is 10.5. The number of pyridine rings is 1. The van der Waals surface area contributed by atoms with E-state index in [2.05, 4.69) is 15.1 Å². The van der Waals surface area contributed by atoms with E-state index in [0.717, 1.165) is 11.1 Å². The van der Waals surface area contributed by atoms with Crippen LogP contribution < -0.4 is 16.9 Å². The summed E-state index contributed by atoms with van der Waals surface area (Å²) >= 11 is 1.21. The van der Waals surface area contributed by atoms with Gasteiger partial charge in [-0.2, -0.15) is 4.98 Å². The number of hydrogen-bond acceptors (Lipinski definition) is 6. The smallest absolute Gasteiger partial charge is 0.326 e. The molecule has 0 radical (unpaired) electrons. The largest absolute Gasteiger partial charge is 0.339 e. The van der Waals surface area contributed by atoms with Crippen LogP contribution in [0.1, 0.15) is 11.1 Å². The van der Waals surface area contributed by atoms with Crippen LogP contribution in [0.2, 0.25) is 0 Å². The number of aromatic nitrogens is 4. The van der Waals surface area contributed by atoms with E-state index in [-0.39, 0.29) is 0 Å². The Balaban J connectivity index is 2.39. The highest BCUT2D eigenvalue weighted by Gasteiger charge is 2.09. The lowest BCUT2D eigenvalue weighted by atomic mass is 10.2. The summed E-state index contributed by atoms with van der Waals surface area (Å²) in [5.41, 5.74) is 5.86. The first kappa shape index (κ1) is 13.5. The van der Waals surface area contributed by atoms with E-state index in [4.69, 9.17) is 5.73 Å². The normalized spacial score (nSPS) is 10.7. The lowest BCUT2D eigenvalue weighted by Crippen LogP contribution is -2.33. The quantitative estimate of drug-likeness (QED) is 0.752. The molecule has 0 amide bonds. The van der Waals surface area contributed by atoms with Gasteiger partial charge in [0.15, 0.2) is 5.16 Å². The number of nitrogens with two attached hydrogens (primary N) is 1. The summed E-state index contributed by atoms with van der Waals surface area (Å²) < 4.78 is 1.40. The monoisotopic (exact) mass is 279 g/mol. The van der Waals surface area contributed by atoms with Gasteiger partial charge in [0.2, 0.25) is 0 Å². The van der Waals surface area contributed by atoms with Crippen LogP contribution >= 0.6 is 11.8 Å². The molecule has 19 heavy (non-hydrogen) atoms. The van der Waals surface area contributed by atoms with Crippen molar-refractivity contribution in [3.8, 4) is 0 Å². The minimum absolute atomic E-state index is 0.376. The third kappa shape index (κ3) is 2.91. The van der Waals surface area contributed by atoms with E-state index >= 15 is 0 Å². The van der Waals surface area contributed by atoms with Crippen molar-refractivity contribution in [2.45, 2.75) is 23.7 Å². The summed E-state index contributed by atoms with van der Waals surface area (Å²) in [5.74, 6) is 0. The molecule has 0 aliphatic rings. The van der Waals surface area contributed by atoms with E-state index in [1.54, 1.807) is 13.2 Å². The Labute approximate surface area is 112 Å². The standard InChI is InChI=1S/C11H13N5O2S/c1-6-3-7(4-12)5-13-10(6)19-11-14-8(17)9(18)15-16(11)2/h3,5H,4,12H2,1-2H3,(H,15,18). The van der Waals surface area contributed by atoms with Gasteiger partial charge in [0, 0.05) is 19.8 Å². The Kier molecular flexibility index (Phi) is 3.82. The molecule has 3 N–H and O–H groups in total. The highest BCUT2D eigenvalue weighted by molar-refractivity contribution is 7.99. The maximum Gasteiger partial charge on any atom is 0.339 e.